The molecule has 0 aliphatic rings. The first-order valence-electron chi connectivity index (χ1n) is 5.43. The molecule has 0 radical (unpaired) electrons. The van der Waals surface area contributed by atoms with Crippen LogP contribution < -0.4 is 16.6 Å². The van der Waals surface area contributed by atoms with Crippen molar-refractivity contribution in [3.05, 3.63) is 17.3 Å². The quantitative estimate of drug-likeness (QED) is 0.725. The molecule has 0 bridgehead atoms. The van der Waals surface area contributed by atoms with Crippen LogP contribution in [0.3, 0.4) is 0 Å². The Balaban J connectivity index is 2.64. The van der Waals surface area contributed by atoms with E-state index in [0.29, 0.717) is 0 Å². The van der Waals surface area contributed by atoms with Gasteiger partial charge in [0.1, 0.15) is 5.82 Å². The van der Waals surface area contributed by atoms with Gasteiger partial charge >= 0.3 is 12.2 Å². The van der Waals surface area contributed by atoms with Gasteiger partial charge in [0.15, 0.2) is 5.65 Å². The molecule has 0 aliphatic carbocycles. The Morgan fingerprint density at radius 3 is 2.65 bits per heavy atom. The van der Waals surface area contributed by atoms with Crippen LogP contribution in [0.5, 0.6) is 0 Å². The van der Waals surface area contributed by atoms with Crippen LogP contribution >= 0.6 is 0 Å². The third-order valence-corrected chi connectivity index (χ3v) is 2.59. The summed E-state index contributed by atoms with van der Waals surface area (Å²) in [6, 6.07) is -0.158. The summed E-state index contributed by atoms with van der Waals surface area (Å²) in [5.74, 6) is -0.188. The lowest BCUT2D eigenvalue weighted by atomic mass is 10.1. The molecule has 0 aliphatic heterocycles. The smallest absolute Gasteiger partial charge is 0.350 e. The minimum atomic E-state index is -4.57. The Morgan fingerprint density at radius 2 is 2.10 bits per heavy atom. The van der Waals surface area contributed by atoms with Gasteiger partial charge < -0.3 is 5.73 Å². The topological polar surface area (TPSA) is 97.9 Å². The number of halogens is 3. The Morgan fingerprint density at radius 1 is 1.45 bits per heavy atom. The van der Waals surface area contributed by atoms with E-state index in [4.69, 9.17) is 5.73 Å². The maximum atomic E-state index is 13.1. The molecule has 2 aromatic heterocycles. The van der Waals surface area contributed by atoms with Gasteiger partial charge in [0, 0.05) is 7.05 Å². The summed E-state index contributed by atoms with van der Waals surface area (Å²) in [7, 11) is 1.48. The fourth-order valence-corrected chi connectivity index (χ4v) is 1.86. The normalized spacial score (nSPS) is 11.7. The maximum Gasteiger partial charge on any atom is 0.417 e. The number of alkyl halides is 3. The maximum absolute atomic E-state index is 13.1. The molecule has 0 atom stereocenters. The predicted molar refractivity (Wildman–Crippen MR) is 64.6 cm³/mol. The molecule has 10 heteroatoms. The molecule has 0 spiro atoms. The van der Waals surface area contributed by atoms with Gasteiger partial charge in [-0.1, -0.05) is 0 Å². The summed E-state index contributed by atoms with van der Waals surface area (Å²) in [4.78, 5) is 14.5. The number of nitrogens with two attached hydrogens (primary N) is 1. The molecule has 20 heavy (non-hydrogen) atoms. The summed E-state index contributed by atoms with van der Waals surface area (Å²) in [6.07, 6.45) is -4.57. The highest BCUT2D eigenvalue weighted by Gasteiger charge is 2.35. The van der Waals surface area contributed by atoms with Gasteiger partial charge in [-0.15, -0.1) is 0 Å². The Hall–Kier alpha value is -2.52. The Labute approximate surface area is 110 Å². The van der Waals surface area contributed by atoms with E-state index in [1.807, 2.05) is 5.43 Å². The lowest BCUT2D eigenvalue weighted by Gasteiger charge is -2.12. The van der Waals surface area contributed by atoms with Crippen LogP contribution in [0.2, 0.25) is 0 Å². The standard InChI is InChI=1S/C10H11F3N6O/c1-4-7-5(10(11,12)13)3-6(16-17-9(14)20)15-8(7)19(2)18-4/h3H,1-2H3,(H,15,16)(H3,14,17,20). The molecule has 2 rings (SSSR count). The molecule has 0 unspecified atom stereocenters. The SMILES string of the molecule is Cc1nn(C)c2nc(NNC(N)=O)cc(C(F)(F)F)c12. The fourth-order valence-electron chi connectivity index (χ4n) is 1.86. The molecule has 2 heterocycles. The average Bonchev–Trinajstić information content (AvgIpc) is 2.60. The van der Waals surface area contributed by atoms with E-state index in [-0.39, 0.29) is 22.5 Å². The highest BCUT2D eigenvalue weighted by Crippen LogP contribution is 2.36. The van der Waals surface area contributed by atoms with Crippen LogP contribution in [0, 0.1) is 6.92 Å². The number of urea groups is 1. The van der Waals surface area contributed by atoms with Crippen molar-refractivity contribution in [1.29, 1.82) is 0 Å². The van der Waals surface area contributed by atoms with Crippen LogP contribution in [0.15, 0.2) is 6.07 Å². The highest BCUT2D eigenvalue weighted by atomic mass is 19.4. The van der Waals surface area contributed by atoms with E-state index in [0.717, 1.165) is 6.07 Å². The fraction of sp³-hybridized carbons (Fsp3) is 0.300. The molecular weight excluding hydrogens is 277 g/mol. The van der Waals surface area contributed by atoms with Gasteiger partial charge in [0.05, 0.1) is 16.6 Å². The van der Waals surface area contributed by atoms with Crippen molar-refractivity contribution < 1.29 is 18.0 Å². The number of aromatic nitrogens is 3. The third-order valence-electron chi connectivity index (χ3n) is 2.59. The largest absolute Gasteiger partial charge is 0.417 e. The van der Waals surface area contributed by atoms with E-state index >= 15 is 0 Å². The predicted octanol–water partition coefficient (Wildman–Crippen LogP) is 1.29. The zero-order valence-electron chi connectivity index (χ0n) is 10.5. The lowest BCUT2D eigenvalue weighted by Crippen LogP contribution is -2.34. The van der Waals surface area contributed by atoms with Gasteiger partial charge in [0.25, 0.3) is 0 Å². The number of hydrazine groups is 1. The van der Waals surface area contributed by atoms with Gasteiger partial charge in [-0.05, 0) is 13.0 Å². The van der Waals surface area contributed by atoms with Crippen LogP contribution in [-0.4, -0.2) is 20.8 Å². The molecule has 4 N–H and O–H groups in total. The van der Waals surface area contributed by atoms with Gasteiger partial charge in [-0.3, -0.25) is 15.5 Å². The molecule has 2 aromatic rings. The molecular formula is C10H11F3N6O. The van der Waals surface area contributed by atoms with Crippen molar-refractivity contribution >= 4 is 22.9 Å². The first-order chi connectivity index (χ1) is 9.20. The number of carbonyl (C=O) groups is 1. The second kappa shape index (κ2) is 4.54. The number of nitrogens with one attached hydrogen (secondary N) is 2. The summed E-state index contributed by atoms with van der Waals surface area (Å²) in [5.41, 5.74) is 8.38. The van der Waals surface area contributed by atoms with E-state index in [2.05, 4.69) is 15.5 Å². The number of hydrogen-bond acceptors (Lipinski definition) is 4. The first-order valence-corrected chi connectivity index (χ1v) is 5.43. The van der Waals surface area contributed by atoms with Crippen LogP contribution in [0.4, 0.5) is 23.8 Å². The van der Waals surface area contributed by atoms with E-state index in [9.17, 15) is 18.0 Å². The van der Waals surface area contributed by atoms with E-state index in [1.54, 1.807) is 0 Å². The number of rotatable bonds is 2. The van der Waals surface area contributed by atoms with Crippen molar-refractivity contribution in [2.45, 2.75) is 13.1 Å². The second-order valence-corrected chi connectivity index (χ2v) is 4.07. The average molecular weight is 288 g/mol. The second-order valence-electron chi connectivity index (χ2n) is 4.07. The number of aryl methyl sites for hydroxylation is 2. The van der Waals surface area contributed by atoms with E-state index in [1.165, 1.54) is 18.7 Å². The number of pyridine rings is 1. The third kappa shape index (κ3) is 2.44. The molecule has 0 saturated heterocycles. The molecule has 7 nitrogen and oxygen atoms in total. The Kier molecular flexibility index (Phi) is 3.16. The van der Waals surface area contributed by atoms with Crippen molar-refractivity contribution in [3.8, 4) is 0 Å². The van der Waals surface area contributed by atoms with Crippen molar-refractivity contribution in [2.24, 2.45) is 12.8 Å². The van der Waals surface area contributed by atoms with Crippen LogP contribution in [0.25, 0.3) is 11.0 Å². The molecule has 2 amide bonds. The highest BCUT2D eigenvalue weighted by molar-refractivity contribution is 5.85. The summed E-state index contributed by atoms with van der Waals surface area (Å²) < 4.78 is 40.5. The van der Waals surface area contributed by atoms with Crippen molar-refractivity contribution in [1.82, 2.24) is 20.2 Å². The number of nitrogens with zero attached hydrogens (tertiary/aromatic N) is 3. The van der Waals surface area contributed by atoms with Gasteiger partial charge in [-0.25, -0.2) is 9.78 Å². The summed E-state index contributed by atoms with van der Waals surface area (Å²) >= 11 is 0. The number of anilines is 1. The van der Waals surface area contributed by atoms with Crippen LogP contribution in [-0.2, 0) is 13.2 Å². The number of fused-ring (bicyclic) bond motifs is 1. The van der Waals surface area contributed by atoms with E-state index < -0.39 is 17.8 Å². The van der Waals surface area contributed by atoms with Gasteiger partial charge in [0.2, 0.25) is 0 Å². The van der Waals surface area contributed by atoms with Gasteiger partial charge in [-0.2, -0.15) is 18.3 Å². The van der Waals surface area contributed by atoms with Crippen molar-refractivity contribution in [3.63, 3.8) is 0 Å². The van der Waals surface area contributed by atoms with Crippen LogP contribution in [0.1, 0.15) is 11.3 Å². The minimum Gasteiger partial charge on any atom is -0.350 e. The molecule has 0 aromatic carbocycles. The zero-order valence-corrected chi connectivity index (χ0v) is 10.5. The number of primary amides is 1. The number of carbonyl (C=O) groups excluding carboxylic acids is 1. The Bertz CT molecular complexity index is 678. The lowest BCUT2D eigenvalue weighted by molar-refractivity contribution is -0.136. The summed E-state index contributed by atoms with van der Waals surface area (Å²) in [5, 5.41) is 3.84. The molecule has 0 fully saturated rings. The summed E-state index contributed by atoms with van der Waals surface area (Å²) in [6.45, 7) is 1.47. The number of amides is 2. The molecule has 0 saturated carbocycles. The molecule has 108 valence electrons. The first kappa shape index (κ1) is 13.9. The number of hydrogen-bond donors (Lipinski definition) is 3. The van der Waals surface area contributed by atoms with Crippen molar-refractivity contribution in [2.75, 3.05) is 5.43 Å². The zero-order chi connectivity index (χ0) is 15.1. The minimum absolute atomic E-state index is 0.0473. The monoisotopic (exact) mass is 288 g/mol.